The second kappa shape index (κ2) is 6.49. The molecule has 1 aromatic carbocycles. The van der Waals surface area contributed by atoms with Crippen molar-refractivity contribution in [3.8, 4) is 6.07 Å². The van der Waals surface area contributed by atoms with Gasteiger partial charge in [0.1, 0.15) is 17.5 Å². The minimum Gasteiger partial charge on any atom is -0.444 e. The Morgan fingerprint density at radius 2 is 2.16 bits per heavy atom. The lowest BCUT2D eigenvalue weighted by molar-refractivity contribution is -0.0510. The Morgan fingerprint density at radius 3 is 2.76 bits per heavy atom. The van der Waals surface area contributed by atoms with Gasteiger partial charge in [-0.15, -0.1) is 0 Å². The minimum absolute atomic E-state index is 0.0269. The molecule has 0 aromatic heterocycles. The molecule has 2 heterocycles. The first-order chi connectivity index (χ1) is 11.8. The van der Waals surface area contributed by atoms with Crippen LogP contribution in [-0.4, -0.2) is 41.9 Å². The average molecular weight is 344 g/mol. The van der Waals surface area contributed by atoms with E-state index in [0.717, 1.165) is 11.1 Å². The second-order valence-corrected chi connectivity index (χ2v) is 7.35. The molecule has 0 radical (unpaired) electrons. The molecule has 2 atom stereocenters. The van der Waals surface area contributed by atoms with Crippen LogP contribution in [0.1, 0.15) is 38.3 Å². The third kappa shape index (κ3) is 3.67. The predicted molar refractivity (Wildman–Crippen MR) is 90.2 cm³/mol. The highest BCUT2D eigenvalue weighted by Crippen LogP contribution is 2.34. The molecule has 0 N–H and O–H groups in total. The van der Waals surface area contributed by atoms with Gasteiger partial charge in [0.2, 0.25) is 0 Å². The summed E-state index contributed by atoms with van der Waals surface area (Å²) in [6.45, 7) is 6.32. The summed E-state index contributed by atoms with van der Waals surface area (Å²) in [6, 6.07) is 6.05. The molecule has 2 unspecified atom stereocenters. The number of benzene rings is 1. The molecule has 2 bridgehead atoms. The van der Waals surface area contributed by atoms with Crippen molar-refractivity contribution < 1.29 is 18.7 Å². The van der Waals surface area contributed by atoms with Crippen molar-refractivity contribution in [3.05, 3.63) is 41.2 Å². The molecule has 1 fully saturated rings. The first-order valence-electron chi connectivity index (χ1n) is 8.28. The average Bonchev–Trinajstić information content (AvgIpc) is 2.51. The molecule has 25 heavy (non-hydrogen) atoms. The van der Waals surface area contributed by atoms with Gasteiger partial charge in [0.15, 0.2) is 0 Å². The highest BCUT2D eigenvalue weighted by molar-refractivity contribution is 5.75. The minimum atomic E-state index is -0.563. The molecule has 132 valence electrons. The van der Waals surface area contributed by atoms with E-state index >= 15 is 0 Å². The zero-order valence-corrected chi connectivity index (χ0v) is 14.6. The molecule has 0 spiro atoms. The number of morpholine rings is 1. The van der Waals surface area contributed by atoms with Crippen LogP contribution < -0.4 is 0 Å². The predicted octanol–water partition coefficient (Wildman–Crippen LogP) is 3.49. The normalized spacial score (nSPS) is 22.8. The monoisotopic (exact) mass is 344 g/mol. The molecular weight excluding hydrogens is 323 g/mol. The van der Waals surface area contributed by atoms with Gasteiger partial charge >= 0.3 is 6.09 Å². The Kier molecular flexibility index (Phi) is 4.53. The van der Waals surface area contributed by atoms with E-state index in [-0.39, 0.29) is 23.7 Å². The zero-order valence-electron chi connectivity index (χ0n) is 14.6. The summed E-state index contributed by atoms with van der Waals surface area (Å²) in [5, 5.41) is 8.86. The Labute approximate surface area is 146 Å². The number of halogens is 1. The lowest BCUT2D eigenvalue weighted by Gasteiger charge is -2.44. The van der Waals surface area contributed by atoms with Crippen molar-refractivity contribution >= 4 is 11.7 Å². The summed E-state index contributed by atoms with van der Waals surface area (Å²) < 4.78 is 25.0. The van der Waals surface area contributed by atoms with Gasteiger partial charge < -0.3 is 9.47 Å². The number of hydrogen-bond acceptors (Lipinski definition) is 4. The number of nitrogens with zero attached hydrogens (tertiary/aromatic N) is 2. The molecule has 0 saturated carbocycles. The number of hydrogen-bond donors (Lipinski definition) is 0. The quantitative estimate of drug-likeness (QED) is 0.782. The van der Waals surface area contributed by atoms with Crippen LogP contribution in [0.25, 0.3) is 5.57 Å². The maximum absolute atomic E-state index is 13.9. The third-order valence-electron chi connectivity index (χ3n) is 4.26. The Morgan fingerprint density at radius 1 is 1.40 bits per heavy atom. The molecule has 2 aliphatic heterocycles. The van der Waals surface area contributed by atoms with E-state index in [0.29, 0.717) is 19.6 Å². The van der Waals surface area contributed by atoms with E-state index in [1.54, 1.807) is 11.0 Å². The molecule has 6 heteroatoms. The Bertz CT molecular complexity index is 761. The number of fused-ring (bicyclic) bond motifs is 2. The maximum Gasteiger partial charge on any atom is 0.411 e. The van der Waals surface area contributed by atoms with Gasteiger partial charge in [0, 0.05) is 0 Å². The van der Waals surface area contributed by atoms with Gasteiger partial charge in [0.05, 0.1) is 30.9 Å². The van der Waals surface area contributed by atoms with Gasteiger partial charge in [-0.05, 0) is 50.5 Å². The second-order valence-electron chi connectivity index (χ2n) is 7.35. The lowest BCUT2D eigenvalue weighted by atomic mass is 9.89. The van der Waals surface area contributed by atoms with Crippen LogP contribution in [0.15, 0.2) is 24.3 Å². The summed E-state index contributed by atoms with van der Waals surface area (Å²) in [6.07, 6.45) is 2.13. The van der Waals surface area contributed by atoms with Gasteiger partial charge in [-0.25, -0.2) is 9.18 Å². The molecular formula is C19H21FN2O3. The van der Waals surface area contributed by atoms with Crippen LogP contribution in [0.2, 0.25) is 0 Å². The number of carbonyl (C=O) groups excluding carboxylic acids is 1. The first kappa shape index (κ1) is 17.4. The maximum atomic E-state index is 13.9. The number of nitriles is 1. The highest BCUT2D eigenvalue weighted by atomic mass is 19.1. The van der Waals surface area contributed by atoms with Crippen LogP contribution in [0.4, 0.5) is 9.18 Å². The van der Waals surface area contributed by atoms with Crippen molar-refractivity contribution in [2.75, 3.05) is 13.2 Å². The van der Waals surface area contributed by atoms with E-state index in [4.69, 9.17) is 14.7 Å². The fourth-order valence-electron chi connectivity index (χ4n) is 3.21. The van der Waals surface area contributed by atoms with Crippen molar-refractivity contribution in [2.45, 2.75) is 44.9 Å². The largest absolute Gasteiger partial charge is 0.444 e. The van der Waals surface area contributed by atoms with E-state index in [9.17, 15) is 9.18 Å². The fourth-order valence-corrected chi connectivity index (χ4v) is 3.21. The summed E-state index contributed by atoms with van der Waals surface area (Å²) in [5.74, 6) is -0.531. The van der Waals surface area contributed by atoms with Crippen LogP contribution in [0.5, 0.6) is 0 Å². The van der Waals surface area contributed by atoms with Crippen molar-refractivity contribution in [1.29, 1.82) is 5.26 Å². The molecule has 0 aliphatic carbocycles. The summed E-state index contributed by atoms with van der Waals surface area (Å²) in [7, 11) is 0. The van der Waals surface area contributed by atoms with Gasteiger partial charge in [-0.2, -0.15) is 5.26 Å². The Hall–Kier alpha value is -2.39. The SMILES string of the molecule is CC(C)(C)OC(=O)N1C2C=C(c3ccc(C#N)c(F)c3)CC1COC2. The Balaban J connectivity index is 1.88. The molecule has 1 aromatic rings. The molecule has 1 saturated heterocycles. The van der Waals surface area contributed by atoms with Crippen LogP contribution in [0.3, 0.4) is 0 Å². The van der Waals surface area contributed by atoms with Crippen molar-refractivity contribution in [2.24, 2.45) is 0 Å². The van der Waals surface area contributed by atoms with Crippen molar-refractivity contribution in [3.63, 3.8) is 0 Å². The van der Waals surface area contributed by atoms with Gasteiger partial charge in [0.25, 0.3) is 0 Å². The van der Waals surface area contributed by atoms with Crippen molar-refractivity contribution in [1.82, 2.24) is 4.90 Å². The smallest absolute Gasteiger partial charge is 0.411 e. The van der Waals surface area contributed by atoms with Crippen LogP contribution >= 0.6 is 0 Å². The number of carbonyl (C=O) groups is 1. The third-order valence-corrected chi connectivity index (χ3v) is 4.26. The number of amides is 1. The zero-order chi connectivity index (χ0) is 18.2. The number of ether oxygens (including phenoxy) is 2. The fraction of sp³-hybridized carbons (Fsp3) is 0.474. The van der Waals surface area contributed by atoms with Gasteiger partial charge in [-0.3, -0.25) is 4.90 Å². The topological polar surface area (TPSA) is 62.6 Å². The van der Waals surface area contributed by atoms with E-state index < -0.39 is 11.4 Å². The summed E-state index contributed by atoms with van der Waals surface area (Å²) in [5.41, 5.74) is 1.16. The lowest BCUT2D eigenvalue weighted by Crippen LogP contribution is -2.57. The van der Waals surface area contributed by atoms with E-state index in [1.807, 2.05) is 32.9 Å². The number of rotatable bonds is 1. The standard InChI is InChI=1S/C19H21FN2O3/c1-19(2,3)25-18(23)22-15-6-14(7-16(22)11-24-10-15)12-4-5-13(9-21)17(20)8-12/h4-6,8,15-16H,7,10-11H2,1-3H3. The van der Waals surface area contributed by atoms with Crippen LogP contribution in [0, 0.1) is 17.1 Å². The summed E-state index contributed by atoms with van der Waals surface area (Å²) >= 11 is 0. The summed E-state index contributed by atoms with van der Waals surface area (Å²) in [4.78, 5) is 14.3. The van der Waals surface area contributed by atoms with E-state index in [2.05, 4.69) is 0 Å². The van der Waals surface area contributed by atoms with E-state index in [1.165, 1.54) is 12.1 Å². The molecule has 1 amide bonds. The first-order valence-corrected chi connectivity index (χ1v) is 8.28. The molecule has 2 aliphatic rings. The molecule has 5 nitrogen and oxygen atoms in total. The molecule has 3 rings (SSSR count). The highest BCUT2D eigenvalue weighted by Gasteiger charge is 2.40. The van der Waals surface area contributed by atoms with Crippen LogP contribution in [-0.2, 0) is 9.47 Å². The van der Waals surface area contributed by atoms with Gasteiger partial charge in [-0.1, -0.05) is 12.1 Å².